The van der Waals surface area contributed by atoms with Gasteiger partial charge >= 0.3 is 6.09 Å². The zero-order valence-electron chi connectivity index (χ0n) is 13.4. The van der Waals surface area contributed by atoms with Gasteiger partial charge in [-0.2, -0.15) is 0 Å². The summed E-state index contributed by atoms with van der Waals surface area (Å²) in [6.45, 7) is 10.5. The lowest BCUT2D eigenvalue weighted by Gasteiger charge is -2.50. The highest BCUT2D eigenvalue weighted by Crippen LogP contribution is 2.41. The second-order valence-electron chi connectivity index (χ2n) is 7.39. The van der Waals surface area contributed by atoms with Gasteiger partial charge in [0.05, 0.1) is 5.60 Å². The van der Waals surface area contributed by atoms with Gasteiger partial charge in [-0.3, -0.25) is 0 Å². The van der Waals surface area contributed by atoms with Gasteiger partial charge in [-0.15, -0.1) is 0 Å². The molecule has 1 unspecified atom stereocenters. The highest BCUT2D eigenvalue weighted by atomic mass is 16.6. The van der Waals surface area contributed by atoms with Crippen molar-refractivity contribution < 1.29 is 19.7 Å². The van der Waals surface area contributed by atoms with Crippen LogP contribution in [0.3, 0.4) is 0 Å². The van der Waals surface area contributed by atoms with Gasteiger partial charge in [0.1, 0.15) is 5.60 Å². The van der Waals surface area contributed by atoms with Crippen molar-refractivity contribution in [1.29, 1.82) is 0 Å². The molecule has 1 heterocycles. The first kappa shape index (κ1) is 17.2. The Morgan fingerprint density at radius 1 is 1.35 bits per heavy atom. The number of nitrogens with zero attached hydrogens (tertiary/aromatic N) is 1. The molecule has 1 atom stereocenters. The summed E-state index contributed by atoms with van der Waals surface area (Å²) in [6, 6.07) is 0. The maximum atomic E-state index is 12.1. The molecule has 0 aromatic heterocycles. The van der Waals surface area contributed by atoms with E-state index in [1.165, 1.54) is 0 Å². The predicted octanol–water partition coefficient (Wildman–Crippen LogP) is 2.16. The first-order chi connectivity index (χ1) is 9.01. The lowest BCUT2D eigenvalue weighted by Crippen LogP contribution is -2.59. The van der Waals surface area contributed by atoms with Crippen molar-refractivity contribution in [2.24, 2.45) is 5.41 Å². The average molecular weight is 287 g/mol. The molecule has 0 aromatic rings. The van der Waals surface area contributed by atoms with Gasteiger partial charge in [-0.1, -0.05) is 13.8 Å². The number of aliphatic hydroxyl groups is 2. The predicted molar refractivity (Wildman–Crippen MR) is 77.5 cm³/mol. The summed E-state index contributed by atoms with van der Waals surface area (Å²) in [6.07, 6.45) is 1.32. The average Bonchev–Trinajstić information content (AvgIpc) is 2.28. The van der Waals surface area contributed by atoms with Crippen molar-refractivity contribution in [1.82, 2.24) is 4.90 Å². The number of carbonyl (C=O) groups excluding carboxylic acids is 1. The van der Waals surface area contributed by atoms with Crippen molar-refractivity contribution >= 4 is 6.09 Å². The monoisotopic (exact) mass is 287 g/mol. The van der Waals surface area contributed by atoms with Crippen LogP contribution in [0.5, 0.6) is 0 Å². The molecule has 0 saturated carbocycles. The normalized spacial score (nSPS) is 26.4. The van der Waals surface area contributed by atoms with Gasteiger partial charge in [0.15, 0.2) is 0 Å². The van der Waals surface area contributed by atoms with Gasteiger partial charge in [-0.05, 0) is 40.0 Å². The topological polar surface area (TPSA) is 70.0 Å². The Morgan fingerprint density at radius 2 is 1.95 bits per heavy atom. The summed E-state index contributed by atoms with van der Waals surface area (Å²) in [5, 5.41) is 19.7. The quantitative estimate of drug-likeness (QED) is 0.834. The van der Waals surface area contributed by atoms with Crippen LogP contribution in [0.1, 0.15) is 53.9 Å². The third-order valence-electron chi connectivity index (χ3n) is 4.04. The van der Waals surface area contributed by atoms with Gasteiger partial charge in [0.25, 0.3) is 0 Å². The minimum absolute atomic E-state index is 0.0775. The number of carbonyl (C=O) groups is 1. The van der Waals surface area contributed by atoms with Crippen LogP contribution in [0.15, 0.2) is 0 Å². The fraction of sp³-hybridized carbons (Fsp3) is 0.933. The van der Waals surface area contributed by atoms with Crippen LogP contribution in [0.4, 0.5) is 4.79 Å². The van der Waals surface area contributed by atoms with Crippen LogP contribution < -0.4 is 0 Å². The molecule has 1 amide bonds. The van der Waals surface area contributed by atoms with E-state index in [1.54, 1.807) is 4.90 Å². The van der Waals surface area contributed by atoms with E-state index in [1.807, 2.05) is 34.6 Å². The number of hydrogen-bond donors (Lipinski definition) is 2. The SMILES string of the molecule is CC(C)(C)OC(=O)N1CCC(O)(CCCO)C(C)(C)C1. The lowest BCUT2D eigenvalue weighted by atomic mass is 9.68. The highest BCUT2D eigenvalue weighted by Gasteiger charge is 2.48. The zero-order valence-corrected chi connectivity index (χ0v) is 13.4. The van der Waals surface area contributed by atoms with Crippen molar-refractivity contribution in [2.75, 3.05) is 19.7 Å². The molecule has 0 aromatic carbocycles. The Hall–Kier alpha value is -0.810. The molecule has 1 fully saturated rings. The van der Waals surface area contributed by atoms with Crippen LogP contribution in [0.2, 0.25) is 0 Å². The molecule has 1 rings (SSSR count). The standard InChI is InChI=1S/C15H29NO4/c1-13(2,3)20-12(18)16-9-8-15(19,7-6-10-17)14(4,5)11-16/h17,19H,6-11H2,1-5H3. The van der Waals surface area contributed by atoms with Crippen LogP contribution in [-0.2, 0) is 4.74 Å². The van der Waals surface area contributed by atoms with Crippen molar-refractivity contribution in [3.8, 4) is 0 Å². The Kier molecular flexibility index (Phi) is 5.08. The van der Waals surface area contributed by atoms with Crippen molar-refractivity contribution in [2.45, 2.75) is 65.1 Å². The van der Waals surface area contributed by atoms with Crippen molar-refractivity contribution in [3.05, 3.63) is 0 Å². The maximum Gasteiger partial charge on any atom is 0.410 e. The molecule has 0 radical (unpaired) electrons. The van der Waals surface area contributed by atoms with E-state index in [2.05, 4.69) is 0 Å². The zero-order chi connectivity index (χ0) is 15.6. The molecule has 2 N–H and O–H groups in total. The van der Waals surface area contributed by atoms with E-state index in [9.17, 15) is 9.90 Å². The Labute approximate surface area is 121 Å². The minimum Gasteiger partial charge on any atom is -0.444 e. The number of amides is 1. The second-order valence-corrected chi connectivity index (χ2v) is 7.39. The number of rotatable bonds is 3. The second kappa shape index (κ2) is 5.90. The lowest BCUT2D eigenvalue weighted by molar-refractivity contribution is -0.123. The Morgan fingerprint density at radius 3 is 2.40 bits per heavy atom. The van der Waals surface area contributed by atoms with Crippen LogP contribution in [-0.4, -0.2) is 52.1 Å². The summed E-state index contributed by atoms with van der Waals surface area (Å²) < 4.78 is 5.39. The summed E-state index contributed by atoms with van der Waals surface area (Å²) >= 11 is 0. The van der Waals surface area contributed by atoms with E-state index in [0.29, 0.717) is 32.4 Å². The van der Waals surface area contributed by atoms with E-state index in [-0.39, 0.29) is 12.7 Å². The Balaban J connectivity index is 2.71. The largest absolute Gasteiger partial charge is 0.444 e. The maximum absolute atomic E-state index is 12.1. The number of likely N-dealkylation sites (tertiary alicyclic amines) is 1. The van der Waals surface area contributed by atoms with Gasteiger partial charge in [0.2, 0.25) is 0 Å². The fourth-order valence-corrected chi connectivity index (χ4v) is 2.68. The molecule has 118 valence electrons. The van der Waals surface area contributed by atoms with E-state index < -0.39 is 16.6 Å². The number of ether oxygens (including phenoxy) is 1. The fourth-order valence-electron chi connectivity index (χ4n) is 2.68. The third kappa shape index (κ3) is 4.09. The van der Waals surface area contributed by atoms with Crippen LogP contribution in [0, 0.1) is 5.41 Å². The summed E-state index contributed by atoms with van der Waals surface area (Å²) in [5.74, 6) is 0. The molecule has 5 heteroatoms. The summed E-state index contributed by atoms with van der Waals surface area (Å²) in [7, 11) is 0. The molecule has 5 nitrogen and oxygen atoms in total. The van der Waals surface area contributed by atoms with Gasteiger partial charge in [0, 0.05) is 25.1 Å². The third-order valence-corrected chi connectivity index (χ3v) is 4.04. The smallest absolute Gasteiger partial charge is 0.410 e. The molecule has 1 aliphatic heterocycles. The van der Waals surface area contributed by atoms with Gasteiger partial charge in [-0.25, -0.2) is 4.79 Å². The molecule has 1 aliphatic rings. The van der Waals surface area contributed by atoms with Crippen LogP contribution in [0.25, 0.3) is 0 Å². The highest BCUT2D eigenvalue weighted by molar-refractivity contribution is 5.68. The molecular formula is C15H29NO4. The molecule has 0 aliphatic carbocycles. The first-order valence-electron chi connectivity index (χ1n) is 7.32. The molecule has 20 heavy (non-hydrogen) atoms. The van der Waals surface area contributed by atoms with Crippen LogP contribution >= 0.6 is 0 Å². The van der Waals surface area contributed by atoms with E-state index in [0.717, 1.165) is 0 Å². The number of aliphatic hydroxyl groups excluding tert-OH is 1. The molecular weight excluding hydrogens is 258 g/mol. The molecule has 0 bridgehead atoms. The van der Waals surface area contributed by atoms with Crippen molar-refractivity contribution in [3.63, 3.8) is 0 Å². The molecule has 0 spiro atoms. The molecule has 1 saturated heterocycles. The number of piperidine rings is 1. The minimum atomic E-state index is -0.839. The number of hydrogen-bond acceptors (Lipinski definition) is 4. The Bertz CT molecular complexity index is 348. The van der Waals surface area contributed by atoms with E-state index >= 15 is 0 Å². The van der Waals surface area contributed by atoms with E-state index in [4.69, 9.17) is 9.84 Å². The van der Waals surface area contributed by atoms with Gasteiger partial charge < -0.3 is 19.8 Å². The first-order valence-corrected chi connectivity index (χ1v) is 7.32. The summed E-state index contributed by atoms with van der Waals surface area (Å²) in [4.78, 5) is 13.8. The summed E-state index contributed by atoms with van der Waals surface area (Å²) in [5.41, 5.74) is -1.77.